The predicted octanol–water partition coefficient (Wildman–Crippen LogP) is 6.08. The van der Waals surface area contributed by atoms with Crippen molar-refractivity contribution >= 4 is 18.1 Å². The number of carbonyl (C=O) groups excluding carboxylic acids is 2. The molecule has 1 fully saturated rings. The summed E-state index contributed by atoms with van der Waals surface area (Å²) in [6, 6.07) is 26.3. The van der Waals surface area contributed by atoms with Gasteiger partial charge in [0.25, 0.3) is 0 Å². The minimum absolute atomic E-state index is 0.0537. The number of ether oxygens (including phenoxy) is 1. The monoisotopic (exact) mass is 441 g/mol. The quantitative estimate of drug-likeness (QED) is 0.418. The first-order valence-electron chi connectivity index (χ1n) is 11.5. The van der Waals surface area contributed by atoms with Crippen molar-refractivity contribution in [2.24, 2.45) is 0 Å². The number of benzene rings is 3. The van der Waals surface area contributed by atoms with E-state index in [2.05, 4.69) is 57.2 Å². The van der Waals surface area contributed by atoms with E-state index in [0.29, 0.717) is 13.0 Å². The SMILES string of the molecule is CC(C)(C)c1ccc(C(C=O)Cc2cccc(N3C(=O)OCC3Cc3ccccc3)c2)cc1. The number of aldehydes is 1. The second-order valence-electron chi connectivity index (χ2n) is 9.78. The first-order valence-corrected chi connectivity index (χ1v) is 11.5. The third kappa shape index (κ3) is 5.33. The van der Waals surface area contributed by atoms with Gasteiger partial charge in [-0.3, -0.25) is 4.90 Å². The molecule has 4 rings (SSSR count). The average molecular weight is 442 g/mol. The molecule has 3 aromatic rings. The summed E-state index contributed by atoms with van der Waals surface area (Å²) in [6.45, 7) is 6.91. The Bertz CT molecular complexity index is 1100. The van der Waals surface area contributed by atoms with Gasteiger partial charge in [0.1, 0.15) is 12.9 Å². The summed E-state index contributed by atoms with van der Waals surface area (Å²) < 4.78 is 5.39. The van der Waals surface area contributed by atoms with Crippen LogP contribution in [0.25, 0.3) is 0 Å². The molecule has 2 atom stereocenters. The molecule has 1 heterocycles. The van der Waals surface area contributed by atoms with Crippen molar-refractivity contribution < 1.29 is 14.3 Å². The van der Waals surface area contributed by atoms with Gasteiger partial charge in [0.05, 0.1) is 6.04 Å². The van der Waals surface area contributed by atoms with Crippen LogP contribution in [0, 0.1) is 0 Å². The highest BCUT2D eigenvalue weighted by molar-refractivity contribution is 5.90. The predicted molar refractivity (Wildman–Crippen MR) is 132 cm³/mol. The van der Waals surface area contributed by atoms with Crippen molar-refractivity contribution in [2.45, 2.75) is 51.0 Å². The van der Waals surface area contributed by atoms with Crippen LogP contribution in [0.4, 0.5) is 10.5 Å². The molecule has 1 amide bonds. The van der Waals surface area contributed by atoms with Crippen molar-refractivity contribution in [3.8, 4) is 0 Å². The maximum atomic E-state index is 12.5. The molecule has 4 nitrogen and oxygen atoms in total. The summed E-state index contributed by atoms with van der Waals surface area (Å²) in [5.74, 6) is -0.236. The van der Waals surface area contributed by atoms with Gasteiger partial charge in [-0.15, -0.1) is 0 Å². The summed E-state index contributed by atoms with van der Waals surface area (Å²) >= 11 is 0. The molecule has 33 heavy (non-hydrogen) atoms. The molecule has 4 heteroatoms. The zero-order valence-electron chi connectivity index (χ0n) is 19.5. The van der Waals surface area contributed by atoms with Crippen LogP contribution in [0.1, 0.15) is 48.9 Å². The minimum atomic E-state index is -0.321. The zero-order valence-corrected chi connectivity index (χ0v) is 19.5. The number of carbonyl (C=O) groups is 2. The fourth-order valence-electron chi connectivity index (χ4n) is 4.38. The molecule has 0 radical (unpaired) electrons. The van der Waals surface area contributed by atoms with Gasteiger partial charge < -0.3 is 9.53 Å². The highest BCUT2D eigenvalue weighted by Gasteiger charge is 2.34. The Labute approximate surface area is 196 Å². The van der Waals surface area contributed by atoms with Crippen LogP contribution in [-0.2, 0) is 27.8 Å². The molecule has 0 spiro atoms. The van der Waals surface area contributed by atoms with Crippen molar-refractivity contribution in [3.63, 3.8) is 0 Å². The molecule has 1 saturated heterocycles. The number of nitrogens with zero attached hydrogens (tertiary/aromatic N) is 1. The Morgan fingerprint density at radius 1 is 0.970 bits per heavy atom. The topological polar surface area (TPSA) is 46.6 Å². The second-order valence-corrected chi connectivity index (χ2v) is 9.78. The summed E-state index contributed by atoms with van der Waals surface area (Å²) in [4.78, 5) is 26.2. The van der Waals surface area contributed by atoms with Crippen molar-refractivity contribution in [2.75, 3.05) is 11.5 Å². The van der Waals surface area contributed by atoms with Crippen LogP contribution < -0.4 is 4.90 Å². The molecule has 3 aromatic carbocycles. The van der Waals surface area contributed by atoms with E-state index in [1.165, 1.54) is 11.1 Å². The highest BCUT2D eigenvalue weighted by atomic mass is 16.6. The van der Waals surface area contributed by atoms with Gasteiger partial charge in [0.15, 0.2) is 0 Å². The number of anilines is 1. The van der Waals surface area contributed by atoms with E-state index in [9.17, 15) is 9.59 Å². The number of cyclic esters (lactones) is 1. The molecule has 0 bridgehead atoms. The van der Waals surface area contributed by atoms with Gasteiger partial charge in [0.2, 0.25) is 0 Å². The van der Waals surface area contributed by atoms with Crippen molar-refractivity contribution in [3.05, 3.63) is 101 Å². The lowest BCUT2D eigenvalue weighted by molar-refractivity contribution is -0.109. The standard InChI is InChI=1S/C29H31NO3/c1-29(2,3)25-14-12-23(13-15-25)24(19-31)16-22-10-7-11-26(18-22)30-27(20-33-28(30)32)17-21-8-5-4-6-9-21/h4-15,18-19,24,27H,16-17,20H2,1-3H3. The summed E-state index contributed by atoms with van der Waals surface area (Å²) in [5.41, 5.74) is 5.32. The lowest BCUT2D eigenvalue weighted by atomic mass is 9.85. The van der Waals surface area contributed by atoms with Crippen LogP contribution in [-0.4, -0.2) is 25.0 Å². The largest absolute Gasteiger partial charge is 0.447 e. The average Bonchev–Trinajstić information content (AvgIpc) is 3.17. The van der Waals surface area contributed by atoms with Crippen molar-refractivity contribution in [1.82, 2.24) is 0 Å². The van der Waals surface area contributed by atoms with Gasteiger partial charge in [-0.1, -0.05) is 87.5 Å². The molecular formula is C29H31NO3. The Hall–Kier alpha value is -3.40. The molecular weight excluding hydrogens is 410 g/mol. The smallest absolute Gasteiger partial charge is 0.414 e. The maximum Gasteiger partial charge on any atom is 0.414 e. The maximum absolute atomic E-state index is 12.5. The minimum Gasteiger partial charge on any atom is -0.447 e. The van der Waals surface area contributed by atoms with Crippen LogP contribution in [0.5, 0.6) is 0 Å². The normalized spacial score (nSPS) is 17.0. The molecule has 1 aliphatic heterocycles. The van der Waals surface area contributed by atoms with E-state index in [1.54, 1.807) is 4.90 Å². The molecule has 0 saturated carbocycles. The van der Waals surface area contributed by atoms with Gasteiger partial charge in [-0.2, -0.15) is 0 Å². The first kappa shape index (κ1) is 22.8. The van der Waals surface area contributed by atoms with Gasteiger partial charge in [-0.25, -0.2) is 4.79 Å². The van der Waals surface area contributed by atoms with E-state index in [4.69, 9.17) is 4.74 Å². The van der Waals surface area contributed by atoms with Gasteiger partial charge in [-0.05, 0) is 52.6 Å². The third-order valence-corrected chi connectivity index (χ3v) is 6.29. The Balaban J connectivity index is 1.53. The van der Waals surface area contributed by atoms with E-state index in [1.807, 2.05) is 42.5 Å². The molecule has 0 aromatic heterocycles. The van der Waals surface area contributed by atoms with E-state index >= 15 is 0 Å². The lowest BCUT2D eigenvalue weighted by Gasteiger charge is -2.23. The Morgan fingerprint density at radius 3 is 2.33 bits per heavy atom. The number of amides is 1. The zero-order chi connectivity index (χ0) is 23.4. The summed E-state index contributed by atoms with van der Waals surface area (Å²) in [7, 11) is 0. The molecule has 170 valence electrons. The molecule has 0 aliphatic carbocycles. The number of hydrogen-bond donors (Lipinski definition) is 0. The highest BCUT2D eigenvalue weighted by Crippen LogP contribution is 2.29. The molecule has 0 N–H and O–H groups in total. The van der Waals surface area contributed by atoms with E-state index in [-0.39, 0.29) is 23.5 Å². The Morgan fingerprint density at radius 2 is 1.67 bits per heavy atom. The summed E-state index contributed by atoms with van der Waals surface area (Å²) in [6.07, 6.45) is 2.01. The van der Waals surface area contributed by atoms with Gasteiger partial charge in [0, 0.05) is 11.6 Å². The number of hydrogen-bond acceptors (Lipinski definition) is 3. The van der Waals surface area contributed by atoms with E-state index < -0.39 is 0 Å². The first-order chi connectivity index (χ1) is 15.8. The summed E-state index contributed by atoms with van der Waals surface area (Å²) in [5, 5.41) is 0. The molecule has 2 unspecified atom stereocenters. The van der Waals surface area contributed by atoms with Crippen LogP contribution in [0.2, 0.25) is 0 Å². The fourth-order valence-corrected chi connectivity index (χ4v) is 4.38. The fraction of sp³-hybridized carbons (Fsp3) is 0.310. The van der Waals surface area contributed by atoms with E-state index in [0.717, 1.165) is 29.5 Å². The third-order valence-electron chi connectivity index (χ3n) is 6.29. The molecule has 1 aliphatic rings. The van der Waals surface area contributed by atoms with Crippen LogP contribution in [0.15, 0.2) is 78.9 Å². The Kier molecular flexibility index (Phi) is 6.64. The second kappa shape index (κ2) is 9.62. The van der Waals surface area contributed by atoms with Crippen LogP contribution >= 0.6 is 0 Å². The van der Waals surface area contributed by atoms with Crippen LogP contribution in [0.3, 0.4) is 0 Å². The van der Waals surface area contributed by atoms with Gasteiger partial charge >= 0.3 is 6.09 Å². The lowest BCUT2D eigenvalue weighted by Crippen LogP contribution is -2.35. The van der Waals surface area contributed by atoms with Crippen molar-refractivity contribution in [1.29, 1.82) is 0 Å². The number of rotatable bonds is 7.